The Kier molecular flexibility index (Phi) is 3.27. The topological polar surface area (TPSA) is 98.2 Å². The Bertz CT molecular complexity index is 604. The van der Waals surface area contributed by atoms with Gasteiger partial charge in [0.15, 0.2) is 0 Å². The van der Waals surface area contributed by atoms with E-state index < -0.39 is 5.97 Å². The quantitative estimate of drug-likeness (QED) is 0.823. The molecular formula is C12H13N3O3. The highest BCUT2D eigenvalue weighted by molar-refractivity contribution is 5.92. The zero-order valence-corrected chi connectivity index (χ0v) is 9.67. The molecule has 18 heavy (non-hydrogen) atoms. The summed E-state index contributed by atoms with van der Waals surface area (Å²) in [6.45, 7) is 0.631. The van der Waals surface area contributed by atoms with Gasteiger partial charge in [0.2, 0.25) is 5.91 Å². The van der Waals surface area contributed by atoms with E-state index in [1.54, 1.807) is 12.4 Å². The van der Waals surface area contributed by atoms with E-state index in [9.17, 15) is 9.59 Å². The van der Waals surface area contributed by atoms with E-state index in [1.165, 1.54) is 12.1 Å². The maximum atomic E-state index is 10.8. The highest BCUT2D eigenvalue weighted by atomic mass is 16.4. The van der Waals surface area contributed by atoms with Crippen molar-refractivity contribution in [2.75, 3.05) is 0 Å². The largest absolute Gasteiger partial charge is 0.478 e. The lowest BCUT2D eigenvalue weighted by Gasteiger charge is -2.03. The normalized spacial score (nSPS) is 10.7. The van der Waals surface area contributed by atoms with Gasteiger partial charge >= 0.3 is 5.97 Å². The number of nitrogens with two attached hydrogens (primary N) is 1. The Balaban J connectivity index is 2.20. The van der Waals surface area contributed by atoms with Gasteiger partial charge in [-0.05, 0) is 24.6 Å². The van der Waals surface area contributed by atoms with E-state index in [2.05, 4.69) is 4.98 Å². The van der Waals surface area contributed by atoms with Crippen LogP contribution < -0.4 is 5.73 Å². The van der Waals surface area contributed by atoms with Gasteiger partial charge in [-0.2, -0.15) is 0 Å². The summed E-state index contributed by atoms with van der Waals surface area (Å²) >= 11 is 0. The molecule has 0 atom stereocenters. The molecule has 0 bridgehead atoms. The minimum atomic E-state index is -0.972. The summed E-state index contributed by atoms with van der Waals surface area (Å²) in [6.07, 6.45) is 2.60. The summed E-state index contributed by atoms with van der Waals surface area (Å²) < 4.78 is 1.88. The molecule has 6 heteroatoms. The number of aryl methyl sites for hydroxylation is 1. The Labute approximate surface area is 103 Å². The molecule has 2 rings (SSSR count). The van der Waals surface area contributed by atoms with Gasteiger partial charge in [0.1, 0.15) is 0 Å². The minimum Gasteiger partial charge on any atom is -0.478 e. The van der Waals surface area contributed by atoms with Crippen molar-refractivity contribution in [3.05, 3.63) is 30.1 Å². The molecule has 2 aromatic rings. The molecule has 0 fully saturated rings. The van der Waals surface area contributed by atoms with E-state index in [1.807, 2.05) is 4.57 Å². The molecule has 6 nitrogen and oxygen atoms in total. The van der Waals surface area contributed by atoms with Crippen molar-refractivity contribution in [3.63, 3.8) is 0 Å². The average molecular weight is 247 g/mol. The number of hydrogen-bond acceptors (Lipinski definition) is 3. The van der Waals surface area contributed by atoms with Crippen LogP contribution >= 0.6 is 0 Å². The number of carbonyl (C=O) groups excluding carboxylic acids is 1. The van der Waals surface area contributed by atoms with E-state index in [0.29, 0.717) is 24.9 Å². The first-order chi connectivity index (χ1) is 8.58. The molecule has 0 spiro atoms. The van der Waals surface area contributed by atoms with Crippen molar-refractivity contribution in [2.45, 2.75) is 19.4 Å². The fourth-order valence-corrected chi connectivity index (χ4v) is 1.80. The van der Waals surface area contributed by atoms with Crippen LogP contribution in [0.4, 0.5) is 0 Å². The Morgan fingerprint density at radius 2 is 2.17 bits per heavy atom. The molecule has 0 aliphatic heterocycles. The van der Waals surface area contributed by atoms with E-state index in [0.717, 1.165) is 5.52 Å². The van der Waals surface area contributed by atoms with Gasteiger partial charge in [-0.1, -0.05) is 0 Å². The molecule has 1 amide bonds. The maximum absolute atomic E-state index is 10.8. The summed E-state index contributed by atoms with van der Waals surface area (Å²) in [5.41, 5.74) is 6.77. The Morgan fingerprint density at radius 3 is 2.83 bits per heavy atom. The van der Waals surface area contributed by atoms with Crippen LogP contribution in [0.25, 0.3) is 11.0 Å². The number of fused-ring (bicyclic) bond motifs is 1. The third kappa shape index (κ3) is 2.48. The summed E-state index contributed by atoms with van der Waals surface area (Å²) in [5.74, 6) is -1.30. The van der Waals surface area contributed by atoms with Crippen molar-refractivity contribution in [1.82, 2.24) is 9.55 Å². The molecule has 0 aliphatic carbocycles. The monoisotopic (exact) mass is 247 g/mol. The number of rotatable bonds is 5. The lowest BCUT2D eigenvalue weighted by Crippen LogP contribution is -2.11. The molecule has 1 heterocycles. The van der Waals surface area contributed by atoms with Gasteiger partial charge in [-0.3, -0.25) is 4.79 Å². The average Bonchev–Trinajstić information content (AvgIpc) is 2.71. The van der Waals surface area contributed by atoms with Crippen LogP contribution in [0, 0.1) is 0 Å². The van der Waals surface area contributed by atoms with Crippen molar-refractivity contribution in [3.8, 4) is 0 Å². The van der Waals surface area contributed by atoms with Gasteiger partial charge in [0.25, 0.3) is 0 Å². The minimum absolute atomic E-state index is 0.213. The van der Waals surface area contributed by atoms with Crippen LogP contribution in [0.5, 0.6) is 0 Å². The van der Waals surface area contributed by atoms with Gasteiger partial charge in [0.05, 0.1) is 22.9 Å². The highest BCUT2D eigenvalue weighted by Crippen LogP contribution is 2.15. The SMILES string of the molecule is NC(=O)CCCn1cnc2cc(C(=O)O)ccc21. The molecule has 3 N–H and O–H groups in total. The second-order valence-electron chi connectivity index (χ2n) is 4.02. The molecule has 1 aromatic carbocycles. The van der Waals surface area contributed by atoms with Crippen molar-refractivity contribution in [2.24, 2.45) is 5.73 Å². The fraction of sp³-hybridized carbons (Fsp3) is 0.250. The number of aromatic carboxylic acids is 1. The number of carbonyl (C=O) groups is 2. The third-order valence-corrected chi connectivity index (χ3v) is 2.69. The smallest absolute Gasteiger partial charge is 0.335 e. The van der Waals surface area contributed by atoms with E-state index in [-0.39, 0.29) is 11.5 Å². The van der Waals surface area contributed by atoms with Gasteiger partial charge < -0.3 is 15.4 Å². The predicted molar refractivity (Wildman–Crippen MR) is 65.1 cm³/mol. The van der Waals surface area contributed by atoms with Gasteiger partial charge in [-0.15, -0.1) is 0 Å². The fourth-order valence-electron chi connectivity index (χ4n) is 1.80. The molecule has 0 radical (unpaired) electrons. The van der Waals surface area contributed by atoms with Crippen LogP contribution in [-0.2, 0) is 11.3 Å². The summed E-state index contributed by atoms with van der Waals surface area (Å²) in [4.78, 5) is 25.6. The first kappa shape index (κ1) is 12.1. The lowest BCUT2D eigenvalue weighted by atomic mass is 10.2. The molecule has 0 aliphatic rings. The first-order valence-electron chi connectivity index (χ1n) is 5.54. The summed E-state index contributed by atoms with van der Waals surface area (Å²) in [7, 11) is 0. The zero-order valence-electron chi connectivity index (χ0n) is 9.67. The lowest BCUT2D eigenvalue weighted by molar-refractivity contribution is -0.118. The number of nitrogens with zero attached hydrogens (tertiary/aromatic N) is 2. The highest BCUT2D eigenvalue weighted by Gasteiger charge is 2.07. The second kappa shape index (κ2) is 4.87. The standard InChI is InChI=1S/C12H13N3O3/c13-11(16)2-1-5-15-7-14-9-6-8(12(17)18)3-4-10(9)15/h3-4,6-7H,1-2,5H2,(H2,13,16)(H,17,18). The summed E-state index contributed by atoms with van der Waals surface area (Å²) in [5, 5.41) is 8.87. The number of aromatic nitrogens is 2. The second-order valence-corrected chi connectivity index (χ2v) is 4.02. The van der Waals surface area contributed by atoms with Crippen LogP contribution in [0.2, 0.25) is 0 Å². The number of imidazole rings is 1. The molecule has 0 saturated carbocycles. The molecule has 94 valence electrons. The number of primary amides is 1. The van der Waals surface area contributed by atoms with Crippen LogP contribution in [0.15, 0.2) is 24.5 Å². The van der Waals surface area contributed by atoms with E-state index in [4.69, 9.17) is 10.8 Å². The first-order valence-corrected chi connectivity index (χ1v) is 5.54. The van der Waals surface area contributed by atoms with Crippen molar-refractivity contribution in [1.29, 1.82) is 0 Å². The zero-order chi connectivity index (χ0) is 13.1. The predicted octanol–water partition coefficient (Wildman–Crippen LogP) is 1.000. The van der Waals surface area contributed by atoms with E-state index >= 15 is 0 Å². The number of hydrogen-bond donors (Lipinski definition) is 2. The molecular weight excluding hydrogens is 234 g/mol. The number of carboxylic acid groups (broad SMARTS) is 1. The van der Waals surface area contributed by atoms with Crippen LogP contribution in [-0.4, -0.2) is 26.5 Å². The van der Waals surface area contributed by atoms with Gasteiger partial charge in [-0.25, -0.2) is 9.78 Å². The molecule has 0 unspecified atom stereocenters. The van der Waals surface area contributed by atoms with Crippen LogP contribution in [0.1, 0.15) is 23.2 Å². The Morgan fingerprint density at radius 1 is 1.39 bits per heavy atom. The summed E-state index contributed by atoms with van der Waals surface area (Å²) in [6, 6.07) is 4.79. The maximum Gasteiger partial charge on any atom is 0.335 e. The van der Waals surface area contributed by atoms with Gasteiger partial charge in [0, 0.05) is 13.0 Å². The van der Waals surface area contributed by atoms with Crippen molar-refractivity contribution < 1.29 is 14.7 Å². The Hall–Kier alpha value is -2.37. The number of carboxylic acids is 1. The van der Waals surface area contributed by atoms with Crippen LogP contribution in [0.3, 0.4) is 0 Å². The van der Waals surface area contributed by atoms with Crippen molar-refractivity contribution >= 4 is 22.9 Å². The number of amides is 1. The molecule has 1 aromatic heterocycles. The third-order valence-electron chi connectivity index (χ3n) is 2.69. The number of benzene rings is 1. The molecule has 0 saturated heterocycles.